The van der Waals surface area contributed by atoms with Gasteiger partial charge in [-0.25, -0.2) is 0 Å². The first-order valence-electron chi connectivity index (χ1n) is 9.03. The molecule has 0 aliphatic carbocycles. The molecule has 0 spiro atoms. The number of thioether (sulfide) groups is 1. The Kier molecular flexibility index (Phi) is 7.14. The zero-order valence-corrected chi connectivity index (χ0v) is 15.4. The minimum absolute atomic E-state index is 0.302. The van der Waals surface area contributed by atoms with Gasteiger partial charge in [-0.3, -0.25) is 0 Å². The zero-order valence-electron chi connectivity index (χ0n) is 14.6. The molecule has 0 N–H and O–H groups in total. The quantitative estimate of drug-likeness (QED) is 0.500. The van der Waals surface area contributed by atoms with Crippen LogP contribution >= 0.6 is 11.8 Å². The number of fused-ring (bicyclic) bond motifs is 1. The topological polar surface area (TPSA) is 9.23 Å². The van der Waals surface area contributed by atoms with Crippen LogP contribution in [0, 0.1) is 0 Å². The van der Waals surface area contributed by atoms with E-state index < -0.39 is 0 Å². The Labute approximate surface area is 141 Å². The van der Waals surface area contributed by atoms with Crippen LogP contribution in [-0.4, -0.2) is 12.4 Å². The van der Waals surface area contributed by atoms with E-state index in [1.165, 1.54) is 67.6 Å². The van der Waals surface area contributed by atoms with E-state index in [4.69, 9.17) is 4.74 Å². The standard InChI is InChI=1S/C20H32OS/c1-4-5-6-7-8-9-14-21-17-11-12-18-19(16-17)22-15-10-13-20(18,2)3/h11-12,16H,4-10,13-15H2,1-3H3. The molecule has 0 radical (unpaired) electrons. The van der Waals surface area contributed by atoms with Crippen molar-refractivity contribution in [1.29, 1.82) is 0 Å². The van der Waals surface area contributed by atoms with Crippen LogP contribution in [0.1, 0.15) is 77.7 Å². The summed E-state index contributed by atoms with van der Waals surface area (Å²) in [5.41, 5.74) is 1.80. The molecule has 1 aliphatic rings. The highest BCUT2D eigenvalue weighted by Crippen LogP contribution is 2.41. The van der Waals surface area contributed by atoms with E-state index in [1.807, 2.05) is 11.8 Å². The third-order valence-corrected chi connectivity index (χ3v) is 5.79. The highest BCUT2D eigenvalue weighted by atomic mass is 32.2. The molecule has 2 rings (SSSR count). The summed E-state index contributed by atoms with van der Waals surface area (Å²) in [5.74, 6) is 2.29. The Hall–Kier alpha value is -0.630. The normalized spacial score (nSPS) is 16.9. The molecule has 0 bridgehead atoms. The van der Waals surface area contributed by atoms with Gasteiger partial charge >= 0.3 is 0 Å². The fraction of sp³-hybridized carbons (Fsp3) is 0.700. The van der Waals surface area contributed by atoms with Crippen molar-refractivity contribution in [2.45, 2.75) is 82.4 Å². The van der Waals surface area contributed by atoms with Gasteiger partial charge in [0.05, 0.1) is 6.61 Å². The van der Waals surface area contributed by atoms with Crippen LogP contribution in [0.15, 0.2) is 23.1 Å². The molecular formula is C20H32OS. The summed E-state index contributed by atoms with van der Waals surface area (Å²) in [6.07, 6.45) is 10.5. The molecule has 1 aromatic rings. The molecule has 1 nitrogen and oxygen atoms in total. The lowest BCUT2D eigenvalue weighted by Crippen LogP contribution is -2.16. The van der Waals surface area contributed by atoms with Gasteiger partial charge in [0.1, 0.15) is 5.75 Å². The van der Waals surface area contributed by atoms with E-state index in [0.29, 0.717) is 5.41 Å². The molecule has 124 valence electrons. The summed E-state index contributed by atoms with van der Waals surface area (Å²) in [4.78, 5) is 1.43. The van der Waals surface area contributed by atoms with Gasteiger partial charge in [0.25, 0.3) is 0 Å². The number of hydrogen-bond acceptors (Lipinski definition) is 2. The predicted molar refractivity (Wildman–Crippen MR) is 98.3 cm³/mol. The van der Waals surface area contributed by atoms with E-state index >= 15 is 0 Å². The molecule has 1 aliphatic heterocycles. The van der Waals surface area contributed by atoms with Gasteiger partial charge < -0.3 is 4.74 Å². The predicted octanol–water partition coefficient (Wildman–Crippen LogP) is 6.59. The maximum Gasteiger partial charge on any atom is 0.120 e. The third kappa shape index (κ3) is 5.22. The van der Waals surface area contributed by atoms with Crippen LogP contribution in [0.4, 0.5) is 0 Å². The lowest BCUT2D eigenvalue weighted by atomic mass is 9.81. The second-order valence-electron chi connectivity index (χ2n) is 7.11. The monoisotopic (exact) mass is 320 g/mol. The molecule has 0 fully saturated rings. The summed E-state index contributed by atoms with van der Waals surface area (Å²) in [6, 6.07) is 6.73. The van der Waals surface area contributed by atoms with Crippen molar-refractivity contribution >= 4 is 11.8 Å². The maximum atomic E-state index is 5.97. The van der Waals surface area contributed by atoms with Crippen LogP contribution in [-0.2, 0) is 5.41 Å². The van der Waals surface area contributed by atoms with E-state index in [-0.39, 0.29) is 0 Å². The van der Waals surface area contributed by atoms with Crippen molar-refractivity contribution in [3.63, 3.8) is 0 Å². The second-order valence-corrected chi connectivity index (χ2v) is 8.25. The van der Waals surface area contributed by atoms with Crippen molar-refractivity contribution in [3.05, 3.63) is 23.8 Å². The summed E-state index contributed by atoms with van der Waals surface area (Å²) in [6.45, 7) is 7.86. The van der Waals surface area contributed by atoms with Gasteiger partial charge in [0, 0.05) is 4.90 Å². The highest BCUT2D eigenvalue weighted by Gasteiger charge is 2.26. The molecule has 1 heterocycles. The number of hydrogen-bond donors (Lipinski definition) is 0. The minimum Gasteiger partial charge on any atom is -0.494 e. The summed E-state index contributed by atoms with van der Waals surface area (Å²) in [7, 11) is 0. The van der Waals surface area contributed by atoms with Crippen LogP contribution in [0.5, 0.6) is 5.75 Å². The van der Waals surface area contributed by atoms with Crippen molar-refractivity contribution in [2.75, 3.05) is 12.4 Å². The largest absolute Gasteiger partial charge is 0.494 e. The van der Waals surface area contributed by atoms with Crippen molar-refractivity contribution < 1.29 is 4.74 Å². The number of benzene rings is 1. The second kappa shape index (κ2) is 8.86. The molecule has 0 amide bonds. The fourth-order valence-electron chi connectivity index (χ4n) is 3.17. The van der Waals surface area contributed by atoms with E-state index in [1.54, 1.807) is 0 Å². The van der Waals surface area contributed by atoms with Gasteiger partial charge in [-0.05, 0) is 48.1 Å². The van der Waals surface area contributed by atoms with Crippen LogP contribution in [0.25, 0.3) is 0 Å². The van der Waals surface area contributed by atoms with Gasteiger partial charge in [-0.2, -0.15) is 0 Å². The van der Waals surface area contributed by atoms with E-state index in [0.717, 1.165) is 12.4 Å². The molecule has 22 heavy (non-hydrogen) atoms. The lowest BCUT2D eigenvalue weighted by molar-refractivity contribution is 0.303. The molecule has 1 aromatic carbocycles. The van der Waals surface area contributed by atoms with Crippen molar-refractivity contribution in [3.8, 4) is 5.75 Å². The molecule has 0 aromatic heterocycles. The Morgan fingerprint density at radius 1 is 1.09 bits per heavy atom. The summed E-state index contributed by atoms with van der Waals surface area (Å²) < 4.78 is 5.97. The highest BCUT2D eigenvalue weighted by molar-refractivity contribution is 7.99. The average Bonchev–Trinajstić information content (AvgIpc) is 2.65. The fourth-order valence-corrected chi connectivity index (χ4v) is 4.38. The Balaban J connectivity index is 1.82. The molecule has 0 unspecified atom stereocenters. The average molecular weight is 321 g/mol. The number of rotatable bonds is 8. The first kappa shape index (κ1) is 17.7. The van der Waals surface area contributed by atoms with Crippen LogP contribution in [0.3, 0.4) is 0 Å². The van der Waals surface area contributed by atoms with Gasteiger partial charge in [0.2, 0.25) is 0 Å². The minimum atomic E-state index is 0.302. The van der Waals surface area contributed by atoms with Crippen molar-refractivity contribution in [2.24, 2.45) is 0 Å². The van der Waals surface area contributed by atoms with Crippen LogP contribution in [0.2, 0.25) is 0 Å². The third-order valence-electron chi connectivity index (χ3n) is 4.65. The zero-order chi connectivity index (χ0) is 15.8. The molecule has 0 saturated heterocycles. The van der Waals surface area contributed by atoms with Crippen molar-refractivity contribution in [1.82, 2.24) is 0 Å². The first-order chi connectivity index (χ1) is 10.6. The molecule has 0 atom stereocenters. The SMILES string of the molecule is CCCCCCCCOc1ccc2c(c1)SCCCC2(C)C. The van der Waals surface area contributed by atoms with E-state index in [9.17, 15) is 0 Å². The lowest BCUT2D eigenvalue weighted by Gasteiger charge is -2.25. The Morgan fingerprint density at radius 3 is 2.68 bits per heavy atom. The Morgan fingerprint density at radius 2 is 1.86 bits per heavy atom. The maximum absolute atomic E-state index is 5.97. The first-order valence-corrected chi connectivity index (χ1v) is 10.0. The number of ether oxygens (including phenoxy) is 1. The molecule has 2 heteroatoms. The molecular weight excluding hydrogens is 288 g/mol. The van der Waals surface area contributed by atoms with Gasteiger partial charge in [-0.15, -0.1) is 11.8 Å². The Bertz CT molecular complexity index is 453. The van der Waals surface area contributed by atoms with Crippen LogP contribution < -0.4 is 4.74 Å². The summed E-state index contributed by atoms with van der Waals surface area (Å²) in [5, 5.41) is 0. The molecule has 0 saturated carbocycles. The number of unbranched alkanes of at least 4 members (excludes halogenated alkanes) is 5. The van der Waals surface area contributed by atoms with Gasteiger partial charge in [-0.1, -0.05) is 58.9 Å². The smallest absolute Gasteiger partial charge is 0.120 e. The van der Waals surface area contributed by atoms with Gasteiger partial charge in [0.15, 0.2) is 0 Å². The summed E-state index contributed by atoms with van der Waals surface area (Å²) >= 11 is 2.00. The van der Waals surface area contributed by atoms with E-state index in [2.05, 4.69) is 39.0 Å².